The molecule has 2 rings (SSSR count). The first-order chi connectivity index (χ1) is 11.0. The fourth-order valence-corrected chi connectivity index (χ4v) is 2.96. The maximum Gasteiger partial charge on any atom is 0.224 e. The second-order valence-electron chi connectivity index (χ2n) is 6.43. The van der Waals surface area contributed by atoms with Crippen LogP contribution in [0.25, 0.3) is 0 Å². The summed E-state index contributed by atoms with van der Waals surface area (Å²) in [5.41, 5.74) is 7.01. The maximum absolute atomic E-state index is 12.2. The predicted molar refractivity (Wildman–Crippen MR) is 92.4 cm³/mol. The Labute approximate surface area is 139 Å². The normalized spacial score (nSPS) is 19.1. The molecule has 1 heterocycles. The van der Waals surface area contributed by atoms with E-state index in [1.54, 1.807) is 7.11 Å². The van der Waals surface area contributed by atoms with Crippen molar-refractivity contribution in [2.24, 2.45) is 11.7 Å². The predicted octanol–water partition coefficient (Wildman–Crippen LogP) is 1.93. The highest BCUT2D eigenvalue weighted by molar-refractivity contribution is 5.78. The molecule has 1 aromatic rings. The first kappa shape index (κ1) is 17.8. The van der Waals surface area contributed by atoms with Crippen molar-refractivity contribution in [3.8, 4) is 5.75 Å². The van der Waals surface area contributed by atoms with E-state index in [-0.39, 0.29) is 23.9 Å². The van der Waals surface area contributed by atoms with Crippen LogP contribution < -0.4 is 15.8 Å². The molecule has 128 valence electrons. The number of amides is 1. The van der Waals surface area contributed by atoms with E-state index in [1.807, 2.05) is 26.0 Å². The van der Waals surface area contributed by atoms with E-state index in [2.05, 4.69) is 22.3 Å². The van der Waals surface area contributed by atoms with Crippen LogP contribution in [0.2, 0.25) is 0 Å². The van der Waals surface area contributed by atoms with Crippen molar-refractivity contribution in [3.63, 3.8) is 0 Å². The summed E-state index contributed by atoms with van der Waals surface area (Å²) in [6.45, 7) is 6.48. The summed E-state index contributed by atoms with van der Waals surface area (Å²) in [5, 5.41) is 3.08. The highest BCUT2D eigenvalue weighted by atomic mass is 16.5. The Bertz CT molecular complexity index is 513. The lowest BCUT2D eigenvalue weighted by Gasteiger charge is -2.29. The summed E-state index contributed by atoms with van der Waals surface area (Å²) in [5.74, 6) is 0.689. The molecule has 1 aliphatic heterocycles. The van der Waals surface area contributed by atoms with Gasteiger partial charge in [0.15, 0.2) is 0 Å². The third-order valence-corrected chi connectivity index (χ3v) is 4.73. The number of rotatable bonds is 7. The molecule has 3 N–H and O–H groups in total. The van der Waals surface area contributed by atoms with Crippen LogP contribution in [0, 0.1) is 5.92 Å². The van der Waals surface area contributed by atoms with Gasteiger partial charge in [0, 0.05) is 18.5 Å². The van der Waals surface area contributed by atoms with Crippen LogP contribution in [0.1, 0.15) is 38.3 Å². The van der Waals surface area contributed by atoms with E-state index in [4.69, 9.17) is 10.5 Å². The first-order valence-electron chi connectivity index (χ1n) is 8.44. The summed E-state index contributed by atoms with van der Waals surface area (Å²) in [7, 11) is 1.68. The molecule has 1 saturated heterocycles. The third-order valence-electron chi connectivity index (χ3n) is 4.73. The zero-order chi connectivity index (χ0) is 16.8. The Morgan fingerprint density at radius 1 is 1.35 bits per heavy atom. The molecule has 0 aromatic heterocycles. The molecule has 3 atom stereocenters. The zero-order valence-corrected chi connectivity index (χ0v) is 14.4. The summed E-state index contributed by atoms with van der Waals surface area (Å²) >= 11 is 0. The van der Waals surface area contributed by atoms with Crippen molar-refractivity contribution in [2.45, 2.75) is 38.8 Å². The zero-order valence-electron chi connectivity index (χ0n) is 14.4. The minimum absolute atomic E-state index is 0.0205. The summed E-state index contributed by atoms with van der Waals surface area (Å²) < 4.78 is 5.34. The lowest BCUT2D eigenvalue weighted by atomic mass is 10.0. The second kappa shape index (κ2) is 8.31. The first-order valence-corrected chi connectivity index (χ1v) is 8.44. The number of benzene rings is 1. The molecular formula is C18H29N3O2. The van der Waals surface area contributed by atoms with Crippen LogP contribution in [-0.4, -0.2) is 43.6 Å². The molecule has 0 spiro atoms. The van der Waals surface area contributed by atoms with E-state index in [9.17, 15) is 4.79 Å². The standard InChI is InChI=1S/C18H29N3O2/c1-13(14(2)19)18(22)20-12-17(21-9-4-5-10-21)15-7-6-8-16(11-15)23-3/h6-8,11,13-14,17H,4-5,9-10,12,19H2,1-3H3,(H,20,22). The van der Waals surface area contributed by atoms with Gasteiger partial charge in [-0.25, -0.2) is 0 Å². The molecule has 3 unspecified atom stereocenters. The fraction of sp³-hybridized carbons (Fsp3) is 0.611. The van der Waals surface area contributed by atoms with Crippen LogP contribution in [0.4, 0.5) is 0 Å². The van der Waals surface area contributed by atoms with Crippen molar-refractivity contribution < 1.29 is 9.53 Å². The third kappa shape index (κ3) is 4.69. The molecular weight excluding hydrogens is 290 g/mol. The van der Waals surface area contributed by atoms with Crippen molar-refractivity contribution in [1.82, 2.24) is 10.2 Å². The van der Waals surface area contributed by atoms with Crippen LogP contribution in [0.3, 0.4) is 0 Å². The van der Waals surface area contributed by atoms with E-state index in [1.165, 1.54) is 18.4 Å². The Balaban J connectivity index is 2.09. The van der Waals surface area contributed by atoms with Gasteiger partial charge >= 0.3 is 0 Å². The average Bonchev–Trinajstić information content (AvgIpc) is 3.08. The van der Waals surface area contributed by atoms with Crippen molar-refractivity contribution in [2.75, 3.05) is 26.7 Å². The molecule has 1 aromatic carbocycles. The lowest BCUT2D eigenvalue weighted by Crippen LogP contribution is -2.42. The average molecular weight is 319 g/mol. The van der Waals surface area contributed by atoms with Crippen LogP contribution in [0.15, 0.2) is 24.3 Å². The number of carbonyl (C=O) groups excluding carboxylic acids is 1. The van der Waals surface area contributed by atoms with Gasteiger partial charge in [0.2, 0.25) is 5.91 Å². The maximum atomic E-state index is 12.2. The van der Waals surface area contributed by atoms with Gasteiger partial charge in [-0.05, 0) is 50.6 Å². The molecule has 1 amide bonds. The number of ether oxygens (including phenoxy) is 1. The van der Waals surface area contributed by atoms with Crippen LogP contribution >= 0.6 is 0 Å². The second-order valence-corrected chi connectivity index (χ2v) is 6.43. The monoisotopic (exact) mass is 319 g/mol. The fourth-order valence-electron chi connectivity index (χ4n) is 2.96. The SMILES string of the molecule is COc1cccc(C(CNC(=O)C(C)C(C)N)N2CCCC2)c1. The van der Waals surface area contributed by atoms with E-state index in [0.717, 1.165) is 18.8 Å². The Morgan fingerprint density at radius 3 is 2.65 bits per heavy atom. The lowest BCUT2D eigenvalue weighted by molar-refractivity contribution is -0.125. The van der Waals surface area contributed by atoms with Crippen molar-refractivity contribution in [1.29, 1.82) is 0 Å². The van der Waals surface area contributed by atoms with Gasteiger partial charge in [0.05, 0.1) is 13.2 Å². The van der Waals surface area contributed by atoms with Crippen LogP contribution in [-0.2, 0) is 4.79 Å². The highest BCUT2D eigenvalue weighted by Crippen LogP contribution is 2.27. The summed E-state index contributed by atoms with van der Waals surface area (Å²) in [4.78, 5) is 14.7. The van der Waals surface area contributed by atoms with Gasteiger partial charge in [-0.1, -0.05) is 19.1 Å². The minimum atomic E-state index is -0.181. The van der Waals surface area contributed by atoms with E-state index >= 15 is 0 Å². The molecule has 5 nitrogen and oxygen atoms in total. The quantitative estimate of drug-likeness (QED) is 0.806. The number of methoxy groups -OCH3 is 1. The summed E-state index contributed by atoms with van der Waals surface area (Å²) in [6.07, 6.45) is 2.43. The topological polar surface area (TPSA) is 67.6 Å². The van der Waals surface area contributed by atoms with Gasteiger partial charge in [-0.3, -0.25) is 9.69 Å². The molecule has 0 radical (unpaired) electrons. The number of nitrogens with one attached hydrogen (secondary N) is 1. The smallest absolute Gasteiger partial charge is 0.224 e. The Hall–Kier alpha value is -1.59. The number of nitrogens with zero attached hydrogens (tertiary/aromatic N) is 1. The van der Waals surface area contributed by atoms with Crippen molar-refractivity contribution in [3.05, 3.63) is 29.8 Å². The highest BCUT2D eigenvalue weighted by Gasteiger charge is 2.25. The largest absolute Gasteiger partial charge is 0.497 e. The number of carbonyl (C=O) groups is 1. The van der Waals surface area contributed by atoms with Gasteiger partial charge in [0.1, 0.15) is 5.75 Å². The Kier molecular flexibility index (Phi) is 6.42. The Morgan fingerprint density at radius 2 is 2.04 bits per heavy atom. The molecule has 1 fully saturated rings. The van der Waals surface area contributed by atoms with Crippen LogP contribution in [0.5, 0.6) is 5.75 Å². The van der Waals surface area contributed by atoms with Crippen molar-refractivity contribution >= 4 is 5.91 Å². The molecule has 5 heteroatoms. The van der Waals surface area contributed by atoms with Gasteiger partial charge < -0.3 is 15.8 Å². The van der Waals surface area contributed by atoms with Gasteiger partial charge in [-0.15, -0.1) is 0 Å². The number of nitrogens with two attached hydrogens (primary N) is 1. The van der Waals surface area contributed by atoms with Gasteiger partial charge in [0.25, 0.3) is 0 Å². The minimum Gasteiger partial charge on any atom is -0.497 e. The molecule has 0 saturated carbocycles. The number of hydrogen-bond donors (Lipinski definition) is 2. The molecule has 0 aliphatic carbocycles. The molecule has 1 aliphatic rings. The molecule has 0 bridgehead atoms. The summed E-state index contributed by atoms with van der Waals surface area (Å²) in [6, 6.07) is 8.15. The molecule has 23 heavy (non-hydrogen) atoms. The number of hydrogen-bond acceptors (Lipinski definition) is 4. The number of likely N-dealkylation sites (tertiary alicyclic amines) is 1. The van der Waals surface area contributed by atoms with E-state index in [0.29, 0.717) is 6.54 Å². The van der Waals surface area contributed by atoms with Gasteiger partial charge in [-0.2, -0.15) is 0 Å². The van der Waals surface area contributed by atoms with E-state index < -0.39 is 0 Å².